The van der Waals surface area contributed by atoms with Crippen molar-refractivity contribution in [3.8, 4) is 0 Å². The number of thiophene rings is 1. The van der Waals surface area contributed by atoms with Gasteiger partial charge >= 0.3 is 0 Å². The normalized spacial score (nSPS) is 17.5. The molecule has 2 saturated heterocycles. The molecule has 0 bridgehead atoms. The van der Waals surface area contributed by atoms with Crippen LogP contribution in [0, 0.1) is 11.8 Å². The summed E-state index contributed by atoms with van der Waals surface area (Å²) in [6, 6.07) is 13.6. The highest BCUT2D eigenvalue weighted by Gasteiger charge is 2.32. The molecule has 2 aromatic carbocycles. The summed E-state index contributed by atoms with van der Waals surface area (Å²) in [7, 11) is 0. The van der Waals surface area contributed by atoms with Crippen LogP contribution in [0.3, 0.4) is 0 Å². The maximum Gasteiger partial charge on any atom is 0.265 e. The monoisotopic (exact) mass is 579 g/mol. The van der Waals surface area contributed by atoms with Crippen LogP contribution in [0.1, 0.15) is 40.9 Å². The standard InChI is InChI=1S/C27H28Cl3N3OS2/c28-21-6-5-17(15-22(21)29)16-31-27(35)33-13-9-19(10-14-33)18-7-11-32(12-8-18)26(34)25-24(30)20-3-1-2-4-23(20)36-25/h1-6,15,18-19H,7-14,16H2,(H,31,35). The lowest BCUT2D eigenvalue weighted by atomic mass is 9.79. The van der Waals surface area contributed by atoms with Gasteiger partial charge in [-0.25, -0.2) is 0 Å². The molecule has 2 aliphatic heterocycles. The average Bonchev–Trinajstić information content (AvgIpc) is 3.25. The van der Waals surface area contributed by atoms with Crippen LogP contribution in [0.5, 0.6) is 0 Å². The van der Waals surface area contributed by atoms with E-state index in [0.717, 1.165) is 72.6 Å². The zero-order valence-electron chi connectivity index (χ0n) is 19.8. The third-order valence-electron chi connectivity index (χ3n) is 7.48. The Morgan fingerprint density at radius 2 is 1.56 bits per heavy atom. The highest BCUT2D eigenvalue weighted by atomic mass is 35.5. The first kappa shape index (κ1) is 26.1. The number of rotatable bonds is 4. The topological polar surface area (TPSA) is 35.6 Å². The van der Waals surface area contributed by atoms with E-state index in [4.69, 9.17) is 47.0 Å². The Morgan fingerprint density at radius 1 is 0.917 bits per heavy atom. The molecule has 1 amide bonds. The summed E-state index contributed by atoms with van der Waals surface area (Å²) in [6.45, 7) is 4.17. The summed E-state index contributed by atoms with van der Waals surface area (Å²) in [5.41, 5.74) is 1.06. The van der Waals surface area contributed by atoms with E-state index in [1.54, 1.807) is 0 Å². The van der Waals surface area contributed by atoms with Crippen molar-refractivity contribution in [2.24, 2.45) is 11.8 Å². The van der Waals surface area contributed by atoms with Crippen LogP contribution >= 0.6 is 58.4 Å². The Hall–Kier alpha value is -1.57. The summed E-state index contributed by atoms with van der Waals surface area (Å²) < 4.78 is 1.07. The number of benzene rings is 2. The van der Waals surface area contributed by atoms with E-state index in [1.807, 2.05) is 47.4 Å². The molecule has 1 N–H and O–H groups in total. The highest BCUT2D eigenvalue weighted by molar-refractivity contribution is 7.80. The van der Waals surface area contributed by atoms with Gasteiger partial charge in [0, 0.05) is 42.8 Å². The van der Waals surface area contributed by atoms with E-state index in [1.165, 1.54) is 11.3 Å². The lowest BCUT2D eigenvalue weighted by Gasteiger charge is -2.40. The molecular formula is C27H28Cl3N3OS2. The smallest absolute Gasteiger partial charge is 0.265 e. The first-order valence-electron chi connectivity index (χ1n) is 12.3. The molecule has 190 valence electrons. The van der Waals surface area contributed by atoms with Crippen LogP contribution in [0.2, 0.25) is 15.1 Å². The summed E-state index contributed by atoms with van der Waals surface area (Å²) in [6.07, 6.45) is 4.38. The zero-order valence-corrected chi connectivity index (χ0v) is 23.7. The summed E-state index contributed by atoms with van der Waals surface area (Å²) in [4.78, 5) is 18.1. The molecule has 0 spiro atoms. The maximum atomic E-state index is 13.2. The van der Waals surface area contributed by atoms with Gasteiger partial charge in [-0.2, -0.15) is 0 Å². The van der Waals surface area contributed by atoms with Crippen molar-refractivity contribution in [1.29, 1.82) is 0 Å². The summed E-state index contributed by atoms with van der Waals surface area (Å²) in [5.74, 6) is 1.42. The Labute approximate surface area is 236 Å². The van der Waals surface area contributed by atoms with E-state index in [9.17, 15) is 4.79 Å². The van der Waals surface area contributed by atoms with Gasteiger partial charge in [0.2, 0.25) is 0 Å². The maximum absolute atomic E-state index is 13.2. The first-order chi connectivity index (χ1) is 17.4. The number of hydrogen-bond acceptors (Lipinski definition) is 3. The van der Waals surface area contributed by atoms with E-state index in [0.29, 0.717) is 38.3 Å². The number of thiocarbonyl (C=S) groups is 1. The number of likely N-dealkylation sites (tertiary alicyclic amines) is 2. The number of hydrogen-bond donors (Lipinski definition) is 1. The molecule has 3 aromatic rings. The summed E-state index contributed by atoms with van der Waals surface area (Å²) >= 11 is 25.8. The molecule has 4 nitrogen and oxygen atoms in total. The number of carbonyl (C=O) groups is 1. The SMILES string of the molecule is O=C(c1sc2ccccc2c1Cl)N1CCC(C2CCN(C(=S)NCc3ccc(Cl)c(Cl)c3)CC2)CC1. The molecule has 2 aliphatic rings. The van der Waals surface area contributed by atoms with Crippen LogP contribution < -0.4 is 5.32 Å². The number of carbonyl (C=O) groups excluding carboxylic acids is 1. The number of nitrogens with zero attached hydrogens (tertiary/aromatic N) is 2. The van der Waals surface area contributed by atoms with Crippen molar-refractivity contribution in [1.82, 2.24) is 15.1 Å². The molecular weight excluding hydrogens is 553 g/mol. The van der Waals surface area contributed by atoms with E-state index < -0.39 is 0 Å². The van der Waals surface area contributed by atoms with E-state index in [-0.39, 0.29) is 5.91 Å². The van der Waals surface area contributed by atoms with Crippen molar-refractivity contribution in [3.63, 3.8) is 0 Å². The van der Waals surface area contributed by atoms with Crippen LogP contribution in [-0.2, 0) is 6.54 Å². The third-order valence-corrected chi connectivity index (χ3v) is 10.3. The van der Waals surface area contributed by atoms with E-state index >= 15 is 0 Å². The van der Waals surface area contributed by atoms with Crippen molar-refractivity contribution >= 4 is 79.5 Å². The Balaban J connectivity index is 1.08. The van der Waals surface area contributed by atoms with Gasteiger partial charge in [-0.1, -0.05) is 59.1 Å². The molecule has 36 heavy (non-hydrogen) atoms. The molecule has 0 radical (unpaired) electrons. The predicted octanol–water partition coefficient (Wildman–Crippen LogP) is 7.50. The molecule has 0 saturated carbocycles. The van der Waals surface area contributed by atoms with Crippen molar-refractivity contribution < 1.29 is 4.79 Å². The molecule has 0 unspecified atom stereocenters. The minimum Gasteiger partial charge on any atom is -0.358 e. The van der Waals surface area contributed by atoms with Crippen LogP contribution in [0.15, 0.2) is 42.5 Å². The van der Waals surface area contributed by atoms with Gasteiger partial charge in [-0.05, 0) is 73.5 Å². The fraction of sp³-hybridized carbons (Fsp3) is 0.407. The number of halogens is 3. The van der Waals surface area contributed by atoms with Gasteiger partial charge < -0.3 is 15.1 Å². The molecule has 0 atom stereocenters. The summed E-state index contributed by atoms with van der Waals surface area (Å²) in [5, 5.41) is 6.84. The van der Waals surface area contributed by atoms with Crippen molar-refractivity contribution in [2.75, 3.05) is 26.2 Å². The first-order valence-corrected chi connectivity index (χ1v) is 14.7. The molecule has 3 heterocycles. The second-order valence-corrected chi connectivity index (χ2v) is 12.2. The largest absolute Gasteiger partial charge is 0.358 e. The van der Waals surface area contributed by atoms with E-state index in [2.05, 4.69) is 10.2 Å². The predicted molar refractivity (Wildman–Crippen MR) is 156 cm³/mol. The quantitative estimate of drug-likeness (QED) is 0.324. The molecule has 5 rings (SSSR count). The molecule has 0 aliphatic carbocycles. The average molecular weight is 581 g/mol. The van der Waals surface area contributed by atoms with Gasteiger partial charge in [0.05, 0.1) is 15.1 Å². The molecule has 2 fully saturated rings. The number of piperidine rings is 2. The second kappa shape index (κ2) is 11.4. The molecule has 9 heteroatoms. The number of amides is 1. The highest BCUT2D eigenvalue weighted by Crippen LogP contribution is 2.38. The fourth-order valence-corrected chi connectivity index (χ4v) is 7.44. The number of fused-ring (bicyclic) bond motifs is 1. The van der Waals surface area contributed by atoms with Crippen molar-refractivity contribution in [3.05, 3.63) is 68.0 Å². The Kier molecular flexibility index (Phi) is 8.28. The van der Waals surface area contributed by atoms with Gasteiger partial charge in [0.15, 0.2) is 5.11 Å². The Morgan fingerprint density at radius 3 is 2.19 bits per heavy atom. The lowest BCUT2D eigenvalue weighted by Crippen LogP contribution is -2.46. The van der Waals surface area contributed by atoms with Crippen LogP contribution in [-0.4, -0.2) is 47.0 Å². The number of nitrogens with one attached hydrogen (secondary N) is 1. The fourth-order valence-electron chi connectivity index (χ4n) is 5.38. The lowest BCUT2D eigenvalue weighted by molar-refractivity contribution is 0.0631. The third kappa shape index (κ3) is 5.63. The van der Waals surface area contributed by atoms with Gasteiger partial charge in [0.1, 0.15) is 4.88 Å². The van der Waals surface area contributed by atoms with Gasteiger partial charge in [0.25, 0.3) is 5.91 Å². The van der Waals surface area contributed by atoms with Crippen LogP contribution in [0.4, 0.5) is 0 Å². The van der Waals surface area contributed by atoms with Gasteiger partial charge in [-0.3, -0.25) is 4.79 Å². The Bertz CT molecular complexity index is 1260. The van der Waals surface area contributed by atoms with Crippen molar-refractivity contribution in [2.45, 2.75) is 32.2 Å². The van der Waals surface area contributed by atoms with Gasteiger partial charge in [-0.15, -0.1) is 11.3 Å². The molecule has 1 aromatic heterocycles. The minimum absolute atomic E-state index is 0.0767. The van der Waals surface area contributed by atoms with Crippen LogP contribution in [0.25, 0.3) is 10.1 Å². The second-order valence-electron chi connectivity index (χ2n) is 9.60. The minimum atomic E-state index is 0.0767. The zero-order chi connectivity index (χ0) is 25.2.